The molecule has 2 atom stereocenters. The number of carbonyl (C=O) groups is 1. The standard InChI is InChI=1S/C18H26N2O2/c1-2-19-12-11-15-8-10-18(21)20(15)13-16-9-7-14-5-3-4-6-17(14)22-16/h3-6,15-16,19H,2,7-13H2,1H3/t15?,16-/m1/s1. The van der Waals surface area contributed by atoms with Crippen molar-refractivity contribution in [3.05, 3.63) is 29.8 Å². The normalized spacial score (nSPS) is 24.2. The van der Waals surface area contributed by atoms with E-state index in [9.17, 15) is 4.79 Å². The number of nitrogens with one attached hydrogen (secondary N) is 1. The molecule has 4 heteroatoms. The van der Waals surface area contributed by atoms with Gasteiger partial charge in [-0.25, -0.2) is 0 Å². The van der Waals surface area contributed by atoms with Crippen molar-refractivity contribution in [2.45, 2.75) is 51.2 Å². The van der Waals surface area contributed by atoms with E-state index in [2.05, 4.69) is 29.3 Å². The molecule has 0 radical (unpaired) electrons. The van der Waals surface area contributed by atoms with E-state index in [4.69, 9.17) is 4.74 Å². The van der Waals surface area contributed by atoms with E-state index in [1.165, 1.54) is 5.56 Å². The molecule has 0 bridgehead atoms. The van der Waals surface area contributed by atoms with Crippen LogP contribution in [0.3, 0.4) is 0 Å². The molecule has 22 heavy (non-hydrogen) atoms. The predicted molar refractivity (Wildman–Crippen MR) is 87.1 cm³/mol. The minimum atomic E-state index is 0.138. The summed E-state index contributed by atoms with van der Waals surface area (Å²) in [7, 11) is 0. The van der Waals surface area contributed by atoms with Crippen molar-refractivity contribution in [3.63, 3.8) is 0 Å². The third-order valence-corrected chi connectivity index (χ3v) is 4.76. The summed E-state index contributed by atoms with van der Waals surface area (Å²) in [6.45, 7) is 4.83. The maximum Gasteiger partial charge on any atom is 0.223 e. The smallest absolute Gasteiger partial charge is 0.223 e. The van der Waals surface area contributed by atoms with Gasteiger partial charge >= 0.3 is 0 Å². The lowest BCUT2D eigenvalue weighted by atomic mass is 10.0. The fourth-order valence-corrected chi connectivity index (χ4v) is 3.52. The molecule has 1 saturated heterocycles. The van der Waals surface area contributed by atoms with E-state index in [0.29, 0.717) is 18.4 Å². The van der Waals surface area contributed by atoms with Crippen LogP contribution in [-0.2, 0) is 11.2 Å². The van der Waals surface area contributed by atoms with Crippen molar-refractivity contribution in [2.24, 2.45) is 0 Å². The molecule has 0 aliphatic carbocycles. The molecule has 3 rings (SSSR count). The second kappa shape index (κ2) is 7.14. The van der Waals surface area contributed by atoms with Crippen molar-refractivity contribution in [2.75, 3.05) is 19.6 Å². The Kier molecular flexibility index (Phi) is 4.98. The van der Waals surface area contributed by atoms with Gasteiger partial charge in [-0.05, 0) is 50.4 Å². The summed E-state index contributed by atoms with van der Waals surface area (Å²) in [5.74, 6) is 1.29. The van der Waals surface area contributed by atoms with Crippen molar-refractivity contribution >= 4 is 5.91 Å². The molecule has 1 unspecified atom stereocenters. The highest BCUT2D eigenvalue weighted by Crippen LogP contribution is 2.29. The number of fused-ring (bicyclic) bond motifs is 1. The Balaban J connectivity index is 1.58. The molecule has 0 saturated carbocycles. The lowest BCUT2D eigenvalue weighted by Crippen LogP contribution is -2.43. The molecule has 2 aliphatic heterocycles. The first-order chi connectivity index (χ1) is 10.8. The van der Waals surface area contributed by atoms with Gasteiger partial charge in [-0.3, -0.25) is 4.79 Å². The molecule has 1 aromatic carbocycles. The van der Waals surface area contributed by atoms with E-state index >= 15 is 0 Å². The number of para-hydroxylation sites is 1. The zero-order valence-electron chi connectivity index (χ0n) is 13.4. The van der Waals surface area contributed by atoms with Crippen LogP contribution >= 0.6 is 0 Å². The number of rotatable bonds is 6. The minimum absolute atomic E-state index is 0.138. The summed E-state index contributed by atoms with van der Waals surface area (Å²) in [5, 5.41) is 3.36. The third kappa shape index (κ3) is 3.43. The Morgan fingerprint density at radius 3 is 3.00 bits per heavy atom. The van der Waals surface area contributed by atoms with Gasteiger partial charge in [0.05, 0.1) is 6.54 Å². The lowest BCUT2D eigenvalue weighted by molar-refractivity contribution is -0.130. The summed E-state index contributed by atoms with van der Waals surface area (Å²) < 4.78 is 6.11. The largest absolute Gasteiger partial charge is 0.488 e. The Labute approximate surface area is 132 Å². The Bertz CT molecular complexity index is 518. The van der Waals surface area contributed by atoms with Crippen LogP contribution in [0.2, 0.25) is 0 Å². The number of ether oxygens (including phenoxy) is 1. The molecule has 1 aromatic rings. The van der Waals surface area contributed by atoms with Gasteiger partial charge in [0.25, 0.3) is 0 Å². The fourth-order valence-electron chi connectivity index (χ4n) is 3.52. The van der Waals surface area contributed by atoms with E-state index in [1.54, 1.807) is 0 Å². The van der Waals surface area contributed by atoms with Crippen LogP contribution in [0.15, 0.2) is 24.3 Å². The van der Waals surface area contributed by atoms with Crippen LogP contribution < -0.4 is 10.1 Å². The highest BCUT2D eigenvalue weighted by molar-refractivity contribution is 5.78. The second-order valence-electron chi connectivity index (χ2n) is 6.27. The summed E-state index contributed by atoms with van der Waals surface area (Å²) >= 11 is 0. The fraction of sp³-hybridized carbons (Fsp3) is 0.611. The van der Waals surface area contributed by atoms with Gasteiger partial charge in [-0.2, -0.15) is 0 Å². The SMILES string of the molecule is CCNCCC1CCC(=O)N1C[C@H]1CCc2ccccc2O1. The number of hydrogen-bond donors (Lipinski definition) is 1. The molecule has 120 valence electrons. The van der Waals surface area contributed by atoms with Crippen LogP contribution in [0.25, 0.3) is 0 Å². The zero-order chi connectivity index (χ0) is 15.4. The van der Waals surface area contributed by atoms with Gasteiger partial charge in [0.1, 0.15) is 11.9 Å². The van der Waals surface area contributed by atoms with E-state index in [-0.39, 0.29) is 6.10 Å². The van der Waals surface area contributed by atoms with Gasteiger partial charge in [0.2, 0.25) is 5.91 Å². The van der Waals surface area contributed by atoms with E-state index in [1.807, 2.05) is 12.1 Å². The Morgan fingerprint density at radius 1 is 1.27 bits per heavy atom. The van der Waals surface area contributed by atoms with Gasteiger partial charge in [-0.1, -0.05) is 25.1 Å². The molecular formula is C18H26N2O2. The second-order valence-corrected chi connectivity index (χ2v) is 6.27. The molecule has 4 nitrogen and oxygen atoms in total. The zero-order valence-corrected chi connectivity index (χ0v) is 13.4. The Hall–Kier alpha value is -1.55. The first-order valence-corrected chi connectivity index (χ1v) is 8.52. The molecule has 1 N–H and O–H groups in total. The van der Waals surface area contributed by atoms with Crippen molar-refractivity contribution in [1.82, 2.24) is 10.2 Å². The van der Waals surface area contributed by atoms with Gasteiger partial charge in [-0.15, -0.1) is 0 Å². The number of aryl methyl sites for hydroxylation is 1. The van der Waals surface area contributed by atoms with Crippen LogP contribution in [0.1, 0.15) is 38.2 Å². The van der Waals surface area contributed by atoms with Crippen molar-refractivity contribution < 1.29 is 9.53 Å². The summed E-state index contributed by atoms with van der Waals surface area (Å²) in [6, 6.07) is 8.62. The van der Waals surface area contributed by atoms with Crippen LogP contribution in [0.5, 0.6) is 5.75 Å². The minimum Gasteiger partial charge on any atom is -0.488 e. The lowest BCUT2D eigenvalue weighted by Gasteiger charge is -2.32. The maximum atomic E-state index is 12.2. The van der Waals surface area contributed by atoms with Crippen molar-refractivity contribution in [3.8, 4) is 5.75 Å². The van der Waals surface area contributed by atoms with Crippen LogP contribution in [0, 0.1) is 0 Å². The molecular weight excluding hydrogens is 276 g/mol. The monoisotopic (exact) mass is 302 g/mol. The van der Waals surface area contributed by atoms with E-state index < -0.39 is 0 Å². The topological polar surface area (TPSA) is 41.6 Å². The molecule has 2 heterocycles. The number of amides is 1. The summed E-state index contributed by atoms with van der Waals surface area (Å²) in [5.41, 5.74) is 1.29. The molecule has 0 spiro atoms. The highest BCUT2D eigenvalue weighted by Gasteiger charge is 2.33. The molecule has 1 fully saturated rings. The third-order valence-electron chi connectivity index (χ3n) is 4.76. The number of nitrogens with zero attached hydrogens (tertiary/aromatic N) is 1. The molecule has 1 amide bonds. The van der Waals surface area contributed by atoms with Crippen LogP contribution in [0.4, 0.5) is 0 Å². The predicted octanol–water partition coefficient (Wildman–Crippen LogP) is 2.37. The number of carbonyl (C=O) groups excluding carboxylic acids is 1. The first kappa shape index (κ1) is 15.3. The van der Waals surface area contributed by atoms with Gasteiger partial charge in [0.15, 0.2) is 0 Å². The average Bonchev–Trinajstić information content (AvgIpc) is 2.88. The van der Waals surface area contributed by atoms with Gasteiger partial charge < -0.3 is 15.0 Å². The summed E-state index contributed by atoms with van der Waals surface area (Å²) in [6.07, 6.45) is 4.92. The molecule has 0 aromatic heterocycles. The number of benzene rings is 1. The quantitative estimate of drug-likeness (QED) is 0.820. The number of hydrogen-bond acceptors (Lipinski definition) is 3. The number of likely N-dealkylation sites (tertiary alicyclic amines) is 1. The summed E-state index contributed by atoms with van der Waals surface area (Å²) in [4.78, 5) is 14.3. The first-order valence-electron chi connectivity index (χ1n) is 8.52. The van der Waals surface area contributed by atoms with E-state index in [0.717, 1.165) is 51.1 Å². The van der Waals surface area contributed by atoms with Crippen molar-refractivity contribution in [1.29, 1.82) is 0 Å². The average molecular weight is 302 g/mol. The Morgan fingerprint density at radius 2 is 2.14 bits per heavy atom. The van der Waals surface area contributed by atoms with Crippen LogP contribution in [-0.4, -0.2) is 42.6 Å². The maximum absolute atomic E-state index is 12.2. The van der Waals surface area contributed by atoms with Gasteiger partial charge in [0, 0.05) is 12.5 Å². The molecule has 2 aliphatic rings. The highest BCUT2D eigenvalue weighted by atomic mass is 16.5.